The van der Waals surface area contributed by atoms with Gasteiger partial charge in [0, 0.05) is 6.42 Å². The van der Waals surface area contributed by atoms with E-state index >= 15 is 0 Å². The molecule has 4 heteroatoms. The molecule has 2 aliphatic rings. The molecule has 1 aliphatic carbocycles. The van der Waals surface area contributed by atoms with E-state index in [1.807, 2.05) is 6.92 Å². The zero-order valence-corrected chi connectivity index (χ0v) is 10.0. The first-order valence-corrected chi connectivity index (χ1v) is 5.32. The van der Waals surface area contributed by atoms with Crippen LogP contribution in [0, 0.1) is 5.41 Å². The predicted octanol–water partition coefficient (Wildman–Crippen LogP) is 1.24. The lowest BCUT2D eigenvalue weighted by Gasteiger charge is -2.52. The maximum atomic E-state index is 11.9. The van der Waals surface area contributed by atoms with E-state index in [9.17, 15) is 9.59 Å². The molecule has 2 atom stereocenters. The first kappa shape index (κ1) is 11.3. The Bertz CT molecular complexity index is 409. The number of ether oxygens (including phenoxy) is 2. The average Bonchev–Trinajstić information content (AvgIpc) is 2.36. The van der Waals surface area contributed by atoms with Crippen molar-refractivity contribution in [3.63, 3.8) is 0 Å². The number of methoxy groups -OCH3 is 1. The summed E-state index contributed by atoms with van der Waals surface area (Å²) in [5.74, 6) is 0.486. The molecule has 0 N–H and O–H groups in total. The maximum Gasteiger partial charge on any atom is 0.160 e. The summed E-state index contributed by atoms with van der Waals surface area (Å²) in [6.45, 7) is 5.15. The van der Waals surface area contributed by atoms with Gasteiger partial charge in [-0.3, -0.25) is 9.59 Å². The summed E-state index contributed by atoms with van der Waals surface area (Å²) in [5, 5.41) is 0. The number of hydrogen-bond donors (Lipinski definition) is 0. The molecule has 1 aliphatic heterocycles. The molecule has 0 amide bonds. The average molecular weight is 224 g/mol. The van der Waals surface area contributed by atoms with Gasteiger partial charge in [0.25, 0.3) is 0 Å². The second-order valence-corrected chi connectivity index (χ2v) is 4.72. The monoisotopic (exact) mass is 224 g/mol. The zero-order valence-electron chi connectivity index (χ0n) is 10.0. The number of fused-ring (bicyclic) bond motifs is 1. The van der Waals surface area contributed by atoms with E-state index in [4.69, 9.17) is 9.47 Å². The highest BCUT2D eigenvalue weighted by Crippen LogP contribution is 2.59. The van der Waals surface area contributed by atoms with Gasteiger partial charge in [0.2, 0.25) is 0 Å². The fraction of sp³-hybridized carbons (Fsp3) is 0.667. The second-order valence-electron chi connectivity index (χ2n) is 4.72. The van der Waals surface area contributed by atoms with Gasteiger partial charge >= 0.3 is 0 Å². The lowest BCUT2D eigenvalue weighted by Crippen LogP contribution is -2.63. The largest absolute Gasteiger partial charge is 0.501 e. The predicted molar refractivity (Wildman–Crippen MR) is 56.8 cm³/mol. The van der Waals surface area contributed by atoms with Crippen LogP contribution in [0.25, 0.3) is 0 Å². The van der Waals surface area contributed by atoms with E-state index < -0.39 is 11.0 Å². The van der Waals surface area contributed by atoms with Crippen LogP contribution in [-0.2, 0) is 19.1 Å². The lowest BCUT2D eigenvalue weighted by molar-refractivity contribution is -0.224. The summed E-state index contributed by atoms with van der Waals surface area (Å²) in [5.41, 5.74) is -0.855. The van der Waals surface area contributed by atoms with Gasteiger partial charge in [-0.1, -0.05) is 0 Å². The van der Waals surface area contributed by atoms with Crippen LogP contribution in [-0.4, -0.2) is 30.9 Å². The van der Waals surface area contributed by atoms with Crippen molar-refractivity contribution < 1.29 is 19.1 Å². The number of rotatable bonds is 3. The molecule has 0 aromatic rings. The Balaban J connectivity index is 2.59. The van der Waals surface area contributed by atoms with Crippen molar-refractivity contribution in [3.05, 3.63) is 11.3 Å². The molecule has 1 fully saturated rings. The molecule has 0 saturated carbocycles. The van der Waals surface area contributed by atoms with E-state index in [1.165, 1.54) is 21.0 Å². The fourth-order valence-corrected chi connectivity index (χ4v) is 2.96. The summed E-state index contributed by atoms with van der Waals surface area (Å²) in [4.78, 5) is 23.6. The van der Waals surface area contributed by atoms with E-state index in [1.54, 1.807) is 0 Å². The van der Waals surface area contributed by atoms with Gasteiger partial charge in [-0.05, 0) is 20.8 Å². The lowest BCUT2D eigenvalue weighted by atomic mass is 9.64. The minimum absolute atomic E-state index is 0.0153. The van der Waals surface area contributed by atoms with Crippen molar-refractivity contribution in [2.24, 2.45) is 5.41 Å². The number of carbonyl (C=O) groups is 2. The van der Waals surface area contributed by atoms with Crippen molar-refractivity contribution in [2.75, 3.05) is 13.7 Å². The summed E-state index contributed by atoms with van der Waals surface area (Å²) in [6, 6.07) is 0. The van der Waals surface area contributed by atoms with E-state index in [-0.39, 0.29) is 11.6 Å². The third-order valence-electron chi connectivity index (χ3n) is 3.91. The number of ketones is 2. The van der Waals surface area contributed by atoms with Gasteiger partial charge in [-0.2, -0.15) is 0 Å². The van der Waals surface area contributed by atoms with E-state index in [0.717, 1.165) is 0 Å². The normalized spacial score (nSPS) is 36.8. The quantitative estimate of drug-likeness (QED) is 0.723. The molecular formula is C12H16O4. The van der Waals surface area contributed by atoms with Gasteiger partial charge in [0.1, 0.15) is 17.0 Å². The molecule has 88 valence electrons. The molecule has 16 heavy (non-hydrogen) atoms. The van der Waals surface area contributed by atoms with Crippen molar-refractivity contribution in [3.8, 4) is 0 Å². The topological polar surface area (TPSA) is 52.6 Å². The van der Waals surface area contributed by atoms with Gasteiger partial charge in [0.05, 0.1) is 24.9 Å². The SMILES string of the molecule is COC1=C(C(C)=O)[C@@]2(C(C)=O)CO[C@@]2(C)C1. The Kier molecular flexibility index (Phi) is 2.24. The molecule has 1 heterocycles. The van der Waals surface area contributed by atoms with Crippen LogP contribution in [0.5, 0.6) is 0 Å². The summed E-state index contributed by atoms with van der Waals surface area (Å²) >= 11 is 0. The van der Waals surface area contributed by atoms with Crippen LogP contribution in [0.1, 0.15) is 27.2 Å². The summed E-state index contributed by atoms with van der Waals surface area (Å²) in [7, 11) is 1.53. The molecule has 0 aromatic heterocycles. The Labute approximate surface area is 94.6 Å². The summed E-state index contributed by atoms with van der Waals surface area (Å²) < 4.78 is 10.8. The standard InChI is InChI=1S/C12H16O4/c1-7(13)10-9(15-4)5-11(3)12(10,6-16-11)8(2)14/h5-6H2,1-4H3/t11-,12-/m0/s1. The Morgan fingerprint density at radius 2 is 2.00 bits per heavy atom. The molecule has 2 rings (SSSR count). The molecule has 4 nitrogen and oxygen atoms in total. The maximum absolute atomic E-state index is 11.9. The van der Waals surface area contributed by atoms with Crippen LogP contribution < -0.4 is 0 Å². The molecule has 0 radical (unpaired) electrons. The zero-order chi connectivity index (χ0) is 12.1. The van der Waals surface area contributed by atoms with Gasteiger partial charge in [-0.15, -0.1) is 0 Å². The molecule has 0 spiro atoms. The third kappa shape index (κ3) is 1.03. The van der Waals surface area contributed by atoms with Gasteiger partial charge < -0.3 is 9.47 Å². The Morgan fingerprint density at radius 1 is 1.38 bits per heavy atom. The first-order valence-electron chi connectivity index (χ1n) is 5.32. The minimum Gasteiger partial charge on any atom is -0.501 e. The van der Waals surface area contributed by atoms with Gasteiger partial charge in [0.15, 0.2) is 5.78 Å². The minimum atomic E-state index is -0.774. The highest BCUT2D eigenvalue weighted by atomic mass is 16.5. The highest BCUT2D eigenvalue weighted by molar-refractivity contribution is 6.05. The van der Waals surface area contributed by atoms with Crippen molar-refractivity contribution >= 4 is 11.6 Å². The Hall–Kier alpha value is -1.16. The van der Waals surface area contributed by atoms with E-state index in [0.29, 0.717) is 24.4 Å². The van der Waals surface area contributed by atoms with Crippen molar-refractivity contribution in [1.29, 1.82) is 0 Å². The molecular weight excluding hydrogens is 208 g/mol. The van der Waals surface area contributed by atoms with Crippen LogP contribution >= 0.6 is 0 Å². The van der Waals surface area contributed by atoms with Crippen LogP contribution in [0.2, 0.25) is 0 Å². The highest BCUT2D eigenvalue weighted by Gasteiger charge is 2.69. The smallest absolute Gasteiger partial charge is 0.160 e. The number of carbonyl (C=O) groups excluding carboxylic acids is 2. The number of hydrogen-bond acceptors (Lipinski definition) is 4. The van der Waals surface area contributed by atoms with Crippen molar-refractivity contribution in [2.45, 2.75) is 32.8 Å². The summed E-state index contributed by atoms with van der Waals surface area (Å²) in [6.07, 6.45) is 0.498. The van der Waals surface area contributed by atoms with Crippen LogP contribution in [0.15, 0.2) is 11.3 Å². The van der Waals surface area contributed by atoms with Gasteiger partial charge in [-0.25, -0.2) is 0 Å². The van der Waals surface area contributed by atoms with Crippen LogP contribution in [0.3, 0.4) is 0 Å². The second kappa shape index (κ2) is 3.17. The first-order chi connectivity index (χ1) is 7.39. The molecule has 0 aromatic carbocycles. The third-order valence-corrected chi connectivity index (χ3v) is 3.91. The molecule has 0 bridgehead atoms. The fourth-order valence-electron chi connectivity index (χ4n) is 2.96. The number of Topliss-reactive ketones (excluding diaryl/α,β-unsaturated/α-hetero) is 2. The molecule has 1 saturated heterocycles. The Morgan fingerprint density at radius 3 is 2.31 bits per heavy atom. The molecule has 0 unspecified atom stereocenters. The van der Waals surface area contributed by atoms with Crippen LogP contribution in [0.4, 0.5) is 0 Å². The van der Waals surface area contributed by atoms with E-state index in [2.05, 4.69) is 0 Å². The van der Waals surface area contributed by atoms with Crippen molar-refractivity contribution in [1.82, 2.24) is 0 Å².